The van der Waals surface area contributed by atoms with Crippen LogP contribution in [0.15, 0.2) is 23.1 Å². The lowest BCUT2D eigenvalue weighted by atomic mass is 10.0. The largest absolute Gasteiger partial charge is 0.375 e. The molecule has 0 spiro atoms. The Balaban J connectivity index is 1.89. The van der Waals surface area contributed by atoms with Gasteiger partial charge in [-0.25, -0.2) is 0 Å². The van der Waals surface area contributed by atoms with Gasteiger partial charge in [0.1, 0.15) is 0 Å². The molecule has 1 amide bonds. The van der Waals surface area contributed by atoms with Crippen molar-refractivity contribution in [3.05, 3.63) is 34.2 Å². The molecule has 0 aliphatic carbocycles. The first kappa shape index (κ1) is 15.8. The Morgan fingerprint density at radius 1 is 1.48 bits per heavy atom. The van der Waals surface area contributed by atoms with Crippen molar-refractivity contribution in [1.82, 2.24) is 9.88 Å². The number of carbonyl (C=O) groups excluding carboxylic acids is 1. The fourth-order valence-corrected chi connectivity index (χ4v) is 2.56. The Hall–Kier alpha value is -1.62. The molecule has 1 atom stereocenters. The van der Waals surface area contributed by atoms with Crippen molar-refractivity contribution in [2.75, 3.05) is 19.7 Å². The Labute approximate surface area is 125 Å². The van der Waals surface area contributed by atoms with Crippen LogP contribution in [0.5, 0.6) is 0 Å². The maximum absolute atomic E-state index is 12.4. The maximum Gasteiger partial charge on any atom is 0.255 e. The van der Waals surface area contributed by atoms with Gasteiger partial charge in [0.15, 0.2) is 0 Å². The Morgan fingerprint density at radius 3 is 2.95 bits per heavy atom. The topological polar surface area (TPSA) is 62.4 Å². The number of amides is 1. The van der Waals surface area contributed by atoms with Crippen molar-refractivity contribution in [2.24, 2.45) is 5.92 Å². The summed E-state index contributed by atoms with van der Waals surface area (Å²) in [6.45, 7) is 6.26. The van der Waals surface area contributed by atoms with E-state index in [0.717, 1.165) is 12.8 Å². The molecule has 1 N–H and O–H groups in total. The zero-order valence-electron chi connectivity index (χ0n) is 12.8. The average molecular weight is 292 g/mol. The van der Waals surface area contributed by atoms with Crippen LogP contribution in [0.2, 0.25) is 0 Å². The van der Waals surface area contributed by atoms with Crippen LogP contribution < -0.4 is 5.56 Å². The molecule has 0 aromatic carbocycles. The van der Waals surface area contributed by atoms with Crippen LogP contribution in [0.25, 0.3) is 0 Å². The molecular weight excluding hydrogens is 268 g/mol. The Morgan fingerprint density at radius 2 is 2.29 bits per heavy atom. The Bertz CT molecular complexity index is 504. The number of ether oxygens (including phenoxy) is 1. The SMILES string of the molecule is CC(C)CCCC1CN(C(=O)c2ccc(=O)[nH]c2)CCO1. The molecule has 1 aromatic heterocycles. The highest BCUT2D eigenvalue weighted by Crippen LogP contribution is 2.16. The zero-order valence-corrected chi connectivity index (χ0v) is 12.8. The number of carbonyl (C=O) groups is 1. The first-order valence-electron chi connectivity index (χ1n) is 7.66. The summed E-state index contributed by atoms with van der Waals surface area (Å²) in [5.41, 5.74) is 0.331. The number of aromatic nitrogens is 1. The number of rotatable bonds is 5. The molecule has 1 fully saturated rings. The number of H-pyrrole nitrogens is 1. The standard InChI is InChI=1S/C16H24N2O3/c1-12(2)4-3-5-14-11-18(8-9-21-14)16(20)13-6-7-15(19)17-10-13/h6-7,10,12,14H,3-5,8-9,11H2,1-2H3,(H,17,19). The van der Waals surface area contributed by atoms with E-state index in [1.165, 1.54) is 18.7 Å². The van der Waals surface area contributed by atoms with Crippen LogP contribution in [0, 0.1) is 5.92 Å². The van der Waals surface area contributed by atoms with Gasteiger partial charge in [-0.2, -0.15) is 0 Å². The van der Waals surface area contributed by atoms with Gasteiger partial charge in [-0.15, -0.1) is 0 Å². The predicted molar refractivity (Wildman–Crippen MR) is 81.4 cm³/mol. The van der Waals surface area contributed by atoms with E-state index in [-0.39, 0.29) is 17.6 Å². The quantitative estimate of drug-likeness (QED) is 0.903. The first-order chi connectivity index (χ1) is 10.1. The Kier molecular flexibility index (Phi) is 5.56. The van der Waals surface area contributed by atoms with Crippen LogP contribution in [-0.4, -0.2) is 41.6 Å². The minimum Gasteiger partial charge on any atom is -0.375 e. The second-order valence-electron chi connectivity index (χ2n) is 6.01. The van der Waals surface area contributed by atoms with Crippen molar-refractivity contribution >= 4 is 5.91 Å². The molecule has 21 heavy (non-hydrogen) atoms. The molecule has 1 unspecified atom stereocenters. The fraction of sp³-hybridized carbons (Fsp3) is 0.625. The summed E-state index contributed by atoms with van der Waals surface area (Å²) in [5, 5.41) is 0. The third kappa shape index (κ3) is 4.70. The van der Waals surface area contributed by atoms with Crippen LogP contribution in [-0.2, 0) is 4.74 Å². The van der Waals surface area contributed by atoms with Gasteiger partial charge < -0.3 is 14.6 Å². The summed E-state index contributed by atoms with van der Waals surface area (Å²) < 4.78 is 5.74. The van der Waals surface area contributed by atoms with Crippen molar-refractivity contribution in [1.29, 1.82) is 0 Å². The molecule has 1 aliphatic rings. The number of nitrogens with one attached hydrogen (secondary N) is 1. The second kappa shape index (κ2) is 7.41. The number of hydrogen-bond acceptors (Lipinski definition) is 3. The van der Waals surface area contributed by atoms with E-state index in [2.05, 4.69) is 18.8 Å². The summed E-state index contributed by atoms with van der Waals surface area (Å²) in [5.74, 6) is 0.663. The molecule has 2 heterocycles. The van der Waals surface area contributed by atoms with E-state index in [9.17, 15) is 9.59 Å². The second-order valence-corrected chi connectivity index (χ2v) is 6.01. The van der Waals surface area contributed by atoms with Crippen LogP contribution in [0.1, 0.15) is 43.5 Å². The minimum absolute atomic E-state index is 0.0385. The van der Waals surface area contributed by atoms with Gasteiger partial charge in [-0.05, 0) is 18.4 Å². The van der Waals surface area contributed by atoms with Crippen molar-refractivity contribution in [3.63, 3.8) is 0 Å². The summed E-state index contributed by atoms with van der Waals surface area (Å²) >= 11 is 0. The highest BCUT2D eigenvalue weighted by molar-refractivity contribution is 5.93. The van der Waals surface area contributed by atoms with Crippen LogP contribution in [0.3, 0.4) is 0 Å². The lowest BCUT2D eigenvalue weighted by molar-refractivity contribution is -0.0260. The average Bonchev–Trinajstić information content (AvgIpc) is 2.47. The van der Waals surface area contributed by atoms with E-state index in [1.807, 2.05) is 4.90 Å². The van der Waals surface area contributed by atoms with E-state index < -0.39 is 0 Å². The van der Waals surface area contributed by atoms with Crippen LogP contribution >= 0.6 is 0 Å². The van der Waals surface area contributed by atoms with Gasteiger partial charge in [-0.3, -0.25) is 9.59 Å². The van der Waals surface area contributed by atoms with Gasteiger partial charge >= 0.3 is 0 Å². The molecule has 116 valence electrons. The maximum atomic E-state index is 12.4. The molecule has 1 aliphatic heterocycles. The molecule has 0 radical (unpaired) electrons. The molecule has 2 rings (SSSR count). The highest BCUT2D eigenvalue weighted by atomic mass is 16.5. The van der Waals surface area contributed by atoms with E-state index in [4.69, 9.17) is 4.74 Å². The third-order valence-electron chi connectivity index (χ3n) is 3.76. The van der Waals surface area contributed by atoms with Crippen molar-refractivity contribution in [2.45, 2.75) is 39.2 Å². The van der Waals surface area contributed by atoms with Crippen molar-refractivity contribution < 1.29 is 9.53 Å². The lowest BCUT2D eigenvalue weighted by Crippen LogP contribution is -2.45. The number of hydrogen-bond donors (Lipinski definition) is 1. The van der Waals surface area contributed by atoms with Crippen molar-refractivity contribution in [3.8, 4) is 0 Å². The number of pyridine rings is 1. The molecule has 5 nitrogen and oxygen atoms in total. The number of nitrogens with zero attached hydrogens (tertiary/aromatic N) is 1. The zero-order chi connectivity index (χ0) is 15.2. The summed E-state index contributed by atoms with van der Waals surface area (Å²) in [6.07, 6.45) is 4.92. The number of aromatic amines is 1. The lowest BCUT2D eigenvalue weighted by Gasteiger charge is -2.33. The monoisotopic (exact) mass is 292 g/mol. The van der Waals surface area contributed by atoms with Gasteiger partial charge in [0.25, 0.3) is 5.91 Å². The molecular formula is C16H24N2O3. The predicted octanol–water partition coefficient (Wildman–Crippen LogP) is 2.04. The summed E-state index contributed by atoms with van der Waals surface area (Å²) in [6, 6.07) is 2.96. The summed E-state index contributed by atoms with van der Waals surface area (Å²) in [7, 11) is 0. The van der Waals surface area contributed by atoms with E-state index in [0.29, 0.717) is 31.2 Å². The van der Waals surface area contributed by atoms with Gasteiger partial charge in [-0.1, -0.05) is 26.7 Å². The smallest absolute Gasteiger partial charge is 0.255 e. The van der Waals surface area contributed by atoms with E-state index >= 15 is 0 Å². The van der Waals surface area contributed by atoms with E-state index in [1.54, 1.807) is 6.07 Å². The highest BCUT2D eigenvalue weighted by Gasteiger charge is 2.24. The minimum atomic E-state index is -0.194. The first-order valence-corrected chi connectivity index (χ1v) is 7.66. The third-order valence-corrected chi connectivity index (χ3v) is 3.76. The van der Waals surface area contributed by atoms with Gasteiger partial charge in [0.2, 0.25) is 5.56 Å². The van der Waals surface area contributed by atoms with Crippen LogP contribution in [0.4, 0.5) is 0 Å². The fourth-order valence-electron chi connectivity index (χ4n) is 2.56. The molecule has 1 aromatic rings. The summed E-state index contributed by atoms with van der Waals surface area (Å²) in [4.78, 5) is 27.8. The van der Waals surface area contributed by atoms with Gasteiger partial charge in [0, 0.05) is 25.4 Å². The molecule has 5 heteroatoms. The molecule has 0 bridgehead atoms. The van der Waals surface area contributed by atoms with Gasteiger partial charge in [0.05, 0.1) is 18.3 Å². The molecule has 1 saturated heterocycles. The molecule has 0 saturated carbocycles. The normalized spacial score (nSPS) is 19.0. The number of morpholine rings is 1.